The largest absolute Gasteiger partial charge is 0.240 e. The van der Waals surface area contributed by atoms with Gasteiger partial charge in [0.25, 0.3) is 0 Å². The molecule has 13 heavy (non-hydrogen) atoms. The van der Waals surface area contributed by atoms with Crippen molar-refractivity contribution in [2.24, 2.45) is 9.98 Å². The summed E-state index contributed by atoms with van der Waals surface area (Å²) in [6, 6.07) is 4.81. The van der Waals surface area contributed by atoms with Gasteiger partial charge in [-0.2, -0.15) is 9.98 Å². The summed E-state index contributed by atoms with van der Waals surface area (Å²) in [5.74, 6) is 0. The summed E-state index contributed by atoms with van der Waals surface area (Å²) in [5, 5.41) is 0. The highest BCUT2D eigenvalue weighted by Gasteiger charge is 2.02. The third kappa shape index (κ3) is 2.20. The third-order valence-electron chi connectivity index (χ3n) is 1.29. The molecule has 0 bridgehead atoms. The fourth-order valence-electron chi connectivity index (χ4n) is 0.779. The van der Waals surface area contributed by atoms with Crippen LogP contribution in [0.25, 0.3) is 0 Å². The number of hydrogen-bond donors (Lipinski definition) is 0. The molecule has 1 aromatic carbocycles. The van der Waals surface area contributed by atoms with Crippen LogP contribution in [0.5, 0.6) is 0 Å². The summed E-state index contributed by atoms with van der Waals surface area (Å²) in [7, 11) is 0. The van der Waals surface area contributed by atoms with Crippen molar-refractivity contribution in [3.05, 3.63) is 22.7 Å². The van der Waals surface area contributed by atoms with E-state index in [4.69, 9.17) is 0 Å². The number of carbonyl (C=O) groups excluding carboxylic acids is 2. The molecule has 0 aliphatic carbocycles. The maximum Gasteiger partial charge on any atom is 0.240 e. The molecule has 1 rings (SSSR count). The van der Waals surface area contributed by atoms with Crippen LogP contribution >= 0.6 is 15.9 Å². The highest BCUT2D eigenvalue weighted by Crippen LogP contribution is 2.33. The monoisotopic (exact) mass is 238 g/mol. The molecule has 0 saturated carbocycles. The Morgan fingerprint density at radius 3 is 1.92 bits per heavy atom. The molecule has 0 saturated heterocycles. The molecule has 0 aliphatic rings. The first-order valence-corrected chi connectivity index (χ1v) is 4.03. The van der Waals surface area contributed by atoms with E-state index in [-0.39, 0.29) is 0 Å². The van der Waals surface area contributed by atoms with Gasteiger partial charge >= 0.3 is 0 Å². The first kappa shape index (κ1) is 9.55. The molecule has 0 N–H and O–H groups in total. The number of halogens is 1. The summed E-state index contributed by atoms with van der Waals surface area (Å²) in [4.78, 5) is 26.8. The van der Waals surface area contributed by atoms with Crippen LogP contribution in [0.4, 0.5) is 11.4 Å². The maximum atomic E-state index is 9.98. The van der Waals surface area contributed by atoms with Gasteiger partial charge in [-0.25, -0.2) is 9.59 Å². The molecule has 1 aromatic rings. The van der Waals surface area contributed by atoms with E-state index < -0.39 is 0 Å². The standard InChI is InChI=1S/C8H3BrN2O2/c9-8-6(10-4-12)2-1-3-7(8)11-5-13/h1-3H. The fraction of sp³-hybridized carbons (Fsp3) is 0. The zero-order chi connectivity index (χ0) is 9.68. The van der Waals surface area contributed by atoms with Crippen LogP contribution in [0.3, 0.4) is 0 Å². The quantitative estimate of drug-likeness (QED) is 0.587. The highest BCUT2D eigenvalue weighted by atomic mass is 79.9. The lowest BCUT2D eigenvalue weighted by atomic mass is 10.3. The van der Waals surface area contributed by atoms with Crippen LogP contribution in [0, 0.1) is 0 Å². The Morgan fingerprint density at radius 2 is 1.54 bits per heavy atom. The Balaban J connectivity index is 3.33. The first-order chi connectivity index (χ1) is 6.29. The van der Waals surface area contributed by atoms with Crippen molar-refractivity contribution in [3.8, 4) is 0 Å². The van der Waals surface area contributed by atoms with Gasteiger partial charge < -0.3 is 0 Å². The highest BCUT2D eigenvalue weighted by molar-refractivity contribution is 9.10. The van der Waals surface area contributed by atoms with Crippen LogP contribution in [-0.4, -0.2) is 12.2 Å². The summed E-state index contributed by atoms with van der Waals surface area (Å²) in [5.41, 5.74) is 0.762. The van der Waals surface area contributed by atoms with Gasteiger partial charge in [0.1, 0.15) is 0 Å². The number of rotatable bonds is 2. The topological polar surface area (TPSA) is 58.9 Å². The minimum Gasteiger partial charge on any atom is -0.211 e. The van der Waals surface area contributed by atoms with Gasteiger partial charge in [0.2, 0.25) is 12.2 Å². The molecule has 64 valence electrons. The smallest absolute Gasteiger partial charge is 0.211 e. The fourth-order valence-corrected chi connectivity index (χ4v) is 1.22. The summed E-state index contributed by atoms with van der Waals surface area (Å²) in [6.45, 7) is 0. The van der Waals surface area contributed by atoms with Gasteiger partial charge in [-0.15, -0.1) is 0 Å². The SMILES string of the molecule is O=C=Nc1cccc(N=C=O)c1Br. The molecule has 0 heterocycles. The van der Waals surface area contributed by atoms with Crippen LogP contribution in [0.15, 0.2) is 32.7 Å². The van der Waals surface area contributed by atoms with Crippen LogP contribution in [-0.2, 0) is 9.59 Å². The molecule has 0 aromatic heterocycles. The lowest BCUT2D eigenvalue weighted by Crippen LogP contribution is -1.70. The molecule has 0 spiro atoms. The predicted octanol–water partition coefficient (Wildman–Crippen LogP) is 2.38. The molecule has 0 amide bonds. The Labute approximate surface area is 82.1 Å². The minimum absolute atomic E-state index is 0.381. The molecule has 0 fully saturated rings. The summed E-state index contributed by atoms with van der Waals surface area (Å²) >= 11 is 3.14. The average Bonchev–Trinajstić information content (AvgIpc) is 2.13. The van der Waals surface area contributed by atoms with Crippen molar-refractivity contribution in [1.29, 1.82) is 0 Å². The number of hydrogen-bond acceptors (Lipinski definition) is 4. The molecule has 0 radical (unpaired) electrons. The van der Waals surface area contributed by atoms with E-state index in [9.17, 15) is 9.59 Å². The van der Waals surface area contributed by atoms with Crippen molar-refractivity contribution in [1.82, 2.24) is 0 Å². The Kier molecular flexibility index (Phi) is 3.29. The van der Waals surface area contributed by atoms with E-state index in [0.717, 1.165) is 0 Å². The second-order valence-corrected chi connectivity index (χ2v) is 2.81. The van der Waals surface area contributed by atoms with Gasteiger partial charge in [-0.05, 0) is 28.1 Å². The van der Waals surface area contributed by atoms with Gasteiger partial charge in [-0.1, -0.05) is 6.07 Å². The molecule has 0 unspecified atom stereocenters. The predicted molar refractivity (Wildman–Crippen MR) is 49.7 cm³/mol. The van der Waals surface area contributed by atoms with E-state index in [2.05, 4.69) is 25.9 Å². The third-order valence-corrected chi connectivity index (χ3v) is 2.10. The maximum absolute atomic E-state index is 9.98. The van der Waals surface area contributed by atoms with Crippen LogP contribution in [0.1, 0.15) is 0 Å². The Hall–Kier alpha value is -1.54. The van der Waals surface area contributed by atoms with Gasteiger partial charge in [-0.3, -0.25) is 0 Å². The van der Waals surface area contributed by atoms with Crippen molar-refractivity contribution in [2.45, 2.75) is 0 Å². The van der Waals surface area contributed by atoms with Gasteiger partial charge in [0.15, 0.2) is 0 Å². The van der Waals surface area contributed by atoms with E-state index in [0.29, 0.717) is 15.8 Å². The molecule has 0 aliphatic heterocycles. The molecular weight excluding hydrogens is 236 g/mol. The number of aliphatic imine (C=N–C) groups is 2. The van der Waals surface area contributed by atoms with E-state index in [1.807, 2.05) is 0 Å². The zero-order valence-corrected chi connectivity index (χ0v) is 7.91. The van der Waals surface area contributed by atoms with E-state index in [1.54, 1.807) is 18.2 Å². The van der Waals surface area contributed by atoms with Crippen LogP contribution < -0.4 is 0 Å². The normalized spacial score (nSPS) is 8.38. The van der Waals surface area contributed by atoms with Crippen LogP contribution in [0.2, 0.25) is 0 Å². The molecular formula is C8H3BrN2O2. The van der Waals surface area contributed by atoms with Crippen molar-refractivity contribution in [2.75, 3.05) is 0 Å². The number of benzene rings is 1. The van der Waals surface area contributed by atoms with Crippen molar-refractivity contribution >= 4 is 39.5 Å². The molecule has 5 heteroatoms. The van der Waals surface area contributed by atoms with Gasteiger partial charge in [0.05, 0.1) is 15.8 Å². The zero-order valence-electron chi connectivity index (χ0n) is 6.32. The Bertz CT molecular complexity index is 382. The van der Waals surface area contributed by atoms with E-state index >= 15 is 0 Å². The van der Waals surface area contributed by atoms with Crippen molar-refractivity contribution in [3.63, 3.8) is 0 Å². The van der Waals surface area contributed by atoms with Crippen molar-refractivity contribution < 1.29 is 9.59 Å². The Morgan fingerprint density at radius 1 is 1.08 bits per heavy atom. The second kappa shape index (κ2) is 4.48. The lowest BCUT2D eigenvalue weighted by molar-refractivity contribution is 0.565. The minimum atomic E-state index is 0.381. The average molecular weight is 239 g/mol. The molecule has 4 nitrogen and oxygen atoms in total. The summed E-state index contributed by atoms with van der Waals surface area (Å²) < 4.78 is 0.474. The number of isocyanates is 2. The second-order valence-electron chi connectivity index (χ2n) is 2.02. The first-order valence-electron chi connectivity index (χ1n) is 3.24. The summed E-state index contributed by atoms with van der Waals surface area (Å²) in [6.07, 6.45) is 2.80. The van der Waals surface area contributed by atoms with E-state index in [1.165, 1.54) is 12.2 Å². The number of nitrogens with zero attached hydrogens (tertiary/aromatic N) is 2. The lowest BCUT2D eigenvalue weighted by Gasteiger charge is -1.97. The molecule has 0 atom stereocenters. The van der Waals surface area contributed by atoms with Gasteiger partial charge in [0, 0.05) is 0 Å².